The Bertz CT molecular complexity index is 70.8. The summed E-state index contributed by atoms with van der Waals surface area (Å²) in [7, 11) is 0. The zero-order chi connectivity index (χ0) is 6.78. The number of rotatable bonds is 2. The Balaban J connectivity index is 3.71. The molecule has 0 saturated heterocycles. The Morgan fingerprint density at radius 1 is 1.50 bits per heavy atom. The summed E-state index contributed by atoms with van der Waals surface area (Å²) in [5.74, 6) is 0.00694. The van der Waals surface area contributed by atoms with E-state index in [9.17, 15) is 0 Å². The molecule has 1 unspecified atom stereocenters. The fourth-order valence-electron chi connectivity index (χ4n) is 0.129. The summed E-state index contributed by atoms with van der Waals surface area (Å²) in [6.45, 7) is 5.13. The lowest BCUT2D eigenvalue weighted by molar-refractivity contribution is -0.109. The van der Waals surface area contributed by atoms with Crippen LogP contribution in [0.15, 0.2) is 0 Å². The molecule has 0 fully saturated rings. The van der Waals surface area contributed by atoms with Crippen molar-refractivity contribution in [3.05, 3.63) is 0 Å². The molecule has 3 nitrogen and oxygen atoms in total. The fourth-order valence-corrected chi connectivity index (χ4v) is 0.129. The second-order valence-corrected chi connectivity index (χ2v) is 2.41. The van der Waals surface area contributed by atoms with Crippen LogP contribution in [0.25, 0.3) is 0 Å². The van der Waals surface area contributed by atoms with Crippen molar-refractivity contribution in [1.82, 2.24) is 5.48 Å². The summed E-state index contributed by atoms with van der Waals surface area (Å²) >= 11 is 0. The van der Waals surface area contributed by atoms with Gasteiger partial charge in [0.2, 0.25) is 0 Å². The Labute approximate surface area is 49.3 Å². The molecule has 50 valence electrons. The van der Waals surface area contributed by atoms with Crippen LogP contribution >= 0.6 is 0 Å². The van der Waals surface area contributed by atoms with E-state index in [1.54, 1.807) is 5.48 Å². The minimum atomic E-state index is -1.15. The highest BCUT2D eigenvalue weighted by Crippen LogP contribution is 2.09. The Morgan fingerprint density at radius 2 is 1.88 bits per heavy atom. The van der Waals surface area contributed by atoms with Gasteiger partial charge in [0.05, 0.1) is 0 Å². The molecule has 0 aliphatic heterocycles. The second-order valence-electron chi connectivity index (χ2n) is 2.41. The molecule has 0 rings (SSSR count). The van der Waals surface area contributed by atoms with E-state index < -0.39 is 5.72 Å². The monoisotopic (exact) mass is 119 g/mol. The van der Waals surface area contributed by atoms with Crippen LogP contribution in [0.4, 0.5) is 0 Å². The minimum Gasteiger partial charge on any atom is -0.374 e. The van der Waals surface area contributed by atoms with Crippen LogP contribution in [0.5, 0.6) is 0 Å². The van der Waals surface area contributed by atoms with Crippen LogP contribution < -0.4 is 5.48 Å². The van der Waals surface area contributed by atoms with E-state index in [1.807, 2.05) is 13.8 Å². The first-order valence-electron chi connectivity index (χ1n) is 2.64. The van der Waals surface area contributed by atoms with Crippen LogP contribution in [0.1, 0.15) is 20.8 Å². The van der Waals surface area contributed by atoms with Gasteiger partial charge in [0.15, 0.2) is 0 Å². The summed E-state index contributed by atoms with van der Waals surface area (Å²) in [5.41, 5.74) is 0.644. The Morgan fingerprint density at radius 3 is 1.88 bits per heavy atom. The van der Waals surface area contributed by atoms with Crippen LogP contribution in [-0.2, 0) is 0 Å². The van der Waals surface area contributed by atoms with Crippen molar-refractivity contribution in [3.63, 3.8) is 0 Å². The molecule has 0 radical (unpaired) electrons. The Hall–Kier alpha value is -0.120. The molecular weight excluding hydrogens is 106 g/mol. The first-order chi connectivity index (χ1) is 3.50. The highest BCUT2D eigenvalue weighted by atomic mass is 16.5. The lowest BCUT2D eigenvalue weighted by Crippen LogP contribution is -2.44. The predicted molar refractivity (Wildman–Crippen MR) is 30.4 cm³/mol. The minimum absolute atomic E-state index is 0.00694. The van der Waals surface area contributed by atoms with E-state index in [-0.39, 0.29) is 5.92 Å². The predicted octanol–water partition coefficient (Wildman–Crippen LogP) is 0.330. The highest BCUT2D eigenvalue weighted by Gasteiger charge is 2.22. The summed E-state index contributed by atoms with van der Waals surface area (Å²) in [6.07, 6.45) is 0. The average Bonchev–Trinajstić information content (AvgIpc) is 1.67. The summed E-state index contributed by atoms with van der Waals surface area (Å²) in [5, 5.41) is 17.3. The molecule has 0 aromatic rings. The van der Waals surface area contributed by atoms with Crippen molar-refractivity contribution < 1.29 is 10.3 Å². The Kier molecular flexibility index (Phi) is 2.40. The molecule has 0 saturated carbocycles. The molecule has 0 spiro atoms. The molecule has 0 aromatic carbocycles. The normalized spacial score (nSPS) is 18.8. The topological polar surface area (TPSA) is 52.5 Å². The third-order valence-electron chi connectivity index (χ3n) is 1.35. The molecule has 0 aliphatic carbocycles. The lowest BCUT2D eigenvalue weighted by Gasteiger charge is -2.24. The SMILES string of the molecule is CC(C)C(C)(O)NO. The third-order valence-corrected chi connectivity index (χ3v) is 1.35. The van der Waals surface area contributed by atoms with Gasteiger partial charge in [0, 0.05) is 0 Å². The van der Waals surface area contributed by atoms with Crippen molar-refractivity contribution in [2.24, 2.45) is 5.92 Å². The fraction of sp³-hybridized carbons (Fsp3) is 1.00. The smallest absolute Gasteiger partial charge is 0.137 e. The molecule has 1 atom stereocenters. The molecule has 3 N–H and O–H groups in total. The largest absolute Gasteiger partial charge is 0.374 e. The maximum atomic E-state index is 9.04. The molecule has 0 bridgehead atoms. The lowest BCUT2D eigenvalue weighted by atomic mass is 10.0. The van der Waals surface area contributed by atoms with Crippen LogP contribution in [0.3, 0.4) is 0 Å². The summed E-state index contributed by atoms with van der Waals surface area (Å²) in [6, 6.07) is 0. The maximum absolute atomic E-state index is 9.04. The number of hydroxylamine groups is 1. The van der Waals surface area contributed by atoms with E-state index in [1.165, 1.54) is 6.92 Å². The van der Waals surface area contributed by atoms with Gasteiger partial charge < -0.3 is 10.3 Å². The van der Waals surface area contributed by atoms with Crippen LogP contribution in [-0.4, -0.2) is 16.0 Å². The molecule has 3 heteroatoms. The van der Waals surface area contributed by atoms with Crippen molar-refractivity contribution in [2.45, 2.75) is 26.5 Å². The van der Waals surface area contributed by atoms with Gasteiger partial charge in [-0.15, -0.1) is 0 Å². The number of hydrogen-bond donors (Lipinski definition) is 3. The van der Waals surface area contributed by atoms with Crippen molar-refractivity contribution in [1.29, 1.82) is 0 Å². The zero-order valence-corrected chi connectivity index (χ0v) is 5.47. The van der Waals surface area contributed by atoms with E-state index in [2.05, 4.69) is 0 Å². The van der Waals surface area contributed by atoms with Crippen LogP contribution in [0.2, 0.25) is 0 Å². The average molecular weight is 119 g/mol. The standard InChI is InChI=1S/C5H13NO2/c1-4(2)5(3,7)6-8/h4,6-8H,1-3H3. The van der Waals surface area contributed by atoms with Gasteiger partial charge in [-0.25, -0.2) is 0 Å². The van der Waals surface area contributed by atoms with Crippen molar-refractivity contribution in [3.8, 4) is 0 Å². The van der Waals surface area contributed by atoms with E-state index in [0.717, 1.165) is 0 Å². The van der Waals surface area contributed by atoms with E-state index in [0.29, 0.717) is 0 Å². The molecule has 0 heterocycles. The molecular formula is C5H13NO2. The number of nitrogens with one attached hydrogen (secondary N) is 1. The van der Waals surface area contributed by atoms with Gasteiger partial charge in [-0.05, 0) is 12.8 Å². The second kappa shape index (κ2) is 2.44. The quantitative estimate of drug-likeness (QED) is 0.362. The maximum Gasteiger partial charge on any atom is 0.137 e. The molecule has 0 amide bonds. The van der Waals surface area contributed by atoms with Gasteiger partial charge >= 0.3 is 0 Å². The zero-order valence-electron chi connectivity index (χ0n) is 5.47. The van der Waals surface area contributed by atoms with Crippen molar-refractivity contribution in [2.75, 3.05) is 0 Å². The van der Waals surface area contributed by atoms with Crippen molar-refractivity contribution >= 4 is 0 Å². The highest BCUT2D eigenvalue weighted by molar-refractivity contribution is 4.67. The molecule has 0 aliphatic rings. The van der Waals surface area contributed by atoms with Gasteiger partial charge in [-0.2, -0.15) is 5.48 Å². The first kappa shape index (κ1) is 7.88. The first-order valence-corrected chi connectivity index (χ1v) is 2.64. The van der Waals surface area contributed by atoms with Gasteiger partial charge in [0.1, 0.15) is 5.72 Å². The summed E-state index contributed by atoms with van der Waals surface area (Å²) in [4.78, 5) is 0. The molecule has 0 aromatic heterocycles. The van der Waals surface area contributed by atoms with Crippen LogP contribution in [0, 0.1) is 5.92 Å². The van der Waals surface area contributed by atoms with Gasteiger partial charge in [-0.3, -0.25) is 0 Å². The van der Waals surface area contributed by atoms with Gasteiger partial charge in [0.25, 0.3) is 0 Å². The number of hydrogen-bond acceptors (Lipinski definition) is 3. The molecule has 8 heavy (non-hydrogen) atoms. The summed E-state index contributed by atoms with van der Waals surface area (Å²) < 4.78 is 0. The van der Waals surface area contributed by atoms with E-state index in [4.69, 9.17) is 10.3 Å². The van der Waals surface area contributed by atoms with E-state index >= 15 is 0 Å². The van der Waals surface area contributed by atoms with Gasteiger partial charge in [-0.1, -0.05) is 13.8 Å². The third kappa shape index (κ3) is 1.78. The number of aliphatic hydroxyl groups is 1.